The van der Waals surface area contributed by atoms with E-state index in [1.165, 1.54) is 0 Å². The lowest BCUT2D eigenvalue weighted by Crippen LogP contribution is -2.33. The lowest BCUT2D eigenvalue weighted by Gasteiger charge is -2.24. The summed E-state index contributed by atoms with van der Waals surface area (Å²) in [5.41, 5.74) is 2.58. The summed E-state index contributed by atoms with van der Waals surface area (Å²) in [6.07, 6.45) is 3.00. The summed E-state index contributed by atoms with van der Waals surface area (Å²) < 4.78 is 7.99. The van der Waals surface area contributed by atoms with E-state index in [9.17, 15) is 4.79 Å². The predicted octanol–water partition coefficient (Wildman–Crippen LogP) is 6.17. The Morgan fingerprint density at radius 2 is 1.89 bits per heavy atom. The summed E-state index contributed by atoms with van der Waals surface area (Å²) in [5, 5.41) is 4.01. The van der Waals surface area contributed by atoms with Gasteiger partial charge in [-0.15, -0.1) is 0 Å². The van der Waals surface area contributed by atoms with Crippen molar-refractivity contribution < 1.29 is 9.53 Å². The number of carbonyl (C=O) groups is 1. The molecular weight excluding hydrogens is 460 g/mol. The molecular formula is C28H39ClN4O2. The van der Waals surface area contributed by atoms with Crippen LogP contribution in [0.4, 0.5) is 0 Å². The van der Waals surface area contributed by atoms with Crippen LogP contribution in [0.25, 0.3) is 11.0 Å². The van der Waals surface area contributed by atoms with Crippen molar-refractivity contribution in [2.45, 2.75) is 60.0 Å². The molecule has 7 heteroatoms. The average molecular weight is 499 g/mol. The minimum atomic E-state index is 0.00921. The third-order valence-corrected chi connectivity index (χ3v) is 6.14. The summed E-state index contributed by atoms with van der Waals surface area (Å²) in [6, 6.07) is 13.2. The third-order valence-electron chi connectivity index (χ3n) is 5.91. The first kappa shape index (κ1) is 27.0. The molecule has 1 N–H and O–H groups in total. The highest BCUT2D eigenvalue weighted by Gasteiger charge is 2.20. The van der Waals surface area contributed by atoms with Crippen LogP contribution in [0.3, 0.4) is 0 Å². The number of aromatic nitrogens is 2. The van der Waals surface area contributed by atoms with Crippen molar-refractivity contribution in [2.24, 2.45) is 5.92 Å². The fourth-order valence-corrected chi connectivity index (χ4v) is 4.16. The van der Waals surface area contributed by atoms with Crippen LogP contribution in [0.5, 0.6) is 5.75 Å². The molecule has 0 atom stereocenters. The van der Waals surface area contributed by atoms with E-state index in [1.807, 2.05) is 47.4 Å². The molecule has 0 saturated heterocycles. The van der Waals surface area contributed by atoms with Crippen molar-refractivity contribution in [2.75, 3.05) is 26.2 Å². The Bertz CT molecular complexity index is 1080. The lowest BCUT2D eigenvalue weighted by molar-refractivity contribution is 0.0729. The number of aryl methyl sites for hydroxylation is 1. The molecule has 6 nitrogen and oxygen atoms in total. The highest BCUT2D eigenvalue weighted by molar-refractivity contribution is 6.31. The second kappa shape index (κ2) is 13.5. The summed E-state index contributed by atoms with van der Waals surface area (Å²) in [7, 11) is 0. The van der Waals surface area contributed by atoms with E-state index in [1.54, 1.807) is 0 Å². The number of ether oxygens (including phenoxy) is 1. The normalized spacial score (nSPS) is 11.4. The van der Waals surface area contributed by atoms with Gasteiger partial charge < -0.3 is 19.5 Å². The number of nitrogens with zero attached hydrogens (tertiary/aromatic N) is 3. The smallest absolute Gasteiger partial charge is 0.254 e. The molecule has 1 aromatic heterocycles. The number of amides is 1. The molecule has 35 heavy (non-hydrogen) atoms. The Morgan fingerprint density at radius 3 is 2.57 bits per heavy atom. The molecule has 0 bridgehead atoms. The number of imidazole rings is 1. The molecule has 0 saturated carbocycles. The van der Waals surface area contributed by atoms with Crippen LogP contribution in [0.1, 0.15) is 63.1 Å². The summed E-state index contributed by atoms with van der Waals surface area (Å²) in [6.45, 7) is 13.0. The van der Waals surface area contributed by atoms with Crippen molar-refractivity contribution in [1.82, 2.24) is 19.8 Å². The number of halogens is 1. The fraction of sp³-hybridized carbons (Fsp3) is 0.500. The van der Waals surface area contributed by atoms with E-state index in [2.05, 4.69) is 37.6 Å². The molecule has 2 aromatic carbocycles. The standard InChI is InChI=1S/C28H39ClN4O2/c1-5-14-30-15-18-35-24-10-7-22(8-11-24)28(34)32(17-13-21(3)4)20-27-31-25-12-9-23(29)19-26(25)33(27)16-6-2/h7-12,19,21,30H,5-6,13-18,20H2,1-4H3. The van der Waals surface area contributed by atoms with Crippen LogP contribution < -0.4 is 10.1 Å². The first-order valence-electron chi connectivity index (χ1n) is 12.8. The van der Waals surface area contributed by atoms with Gasteiger partial charge in [-0.2, -0.15) is 0 Å². The molecule has 0 aliphatic heterocycles. The molecule has 0 fully saturated rings. The number of carbonyl (C=O) groups excluding carboxylic acids is 1. The van der Waals surface area contributed by atoms with Crippen LogP contribution in [-0.4, -0.2) is 46.6 Å². The van der Waals surface area contributed by atoms with Crippen molar-refractivity contribution >= 4 is 28.5 Å². The maximum atomic E-state index is 13.6. The molecule has 1 heterocycles. The minimum absolute atomic E-state index is 0.00921. The Kier molecular flexibility index (Phi) is 10.4. The number of hydrogen-bond acceptors (Lipinski definition) is 4. The van der Waals surface area contributed by atoms with Gasteiger partial charge in [0.05, 0.1) is 17.6 Å². The van der Waals surface area contributed by atoms with Gasteiger partial charge in [0.15, 0.2) is 0 Å². The van der Waals surface area contributed by atoms with Gasteiger partial charge in [0.2, 0.25) is 0 Å². The molecule has 0 radical (unpaired) electrons. The Balaban J connectivity index is 1.78. The van der Waals surface area contributed by atoms with Crippen molar-refractivity contribution in [3.8, 4) is 5.75 Å². The second-order valence-electron chi connectivity index (χ2n) is 9.34. The van der Waals surface area contributed by atoms with E-state index in [0.717, 1.165) is 61.5 Å². The number of benzene rings is 2. The number of nitrogens with one attached hydrogen (secondary N) is 1. The van der Waals surface area contributed by atoms with Crippen LogP contribution in [0, 0.1) is 5.92 Å². The quantitative estimate of drug-likeness (QED) is 0.270. The Morgan fingerprint density at radius 1 is 1.11 bits per heavy atom. The van der Waals surface area contributed by atoms with Crippen LogP contribution in [-0.2, 0) is 13.1 Å². The second-order valence-corrected chi connectivity index (χ2v) is 9.78. The number of rotatable bonds is 14. The van der Waals surface area contributed by atoms with Crippen molar-refractivity contribution in [1.29, 1.82) is 0 Å². The summed E-state index contributed by atoms with van der Waals surface area (Å²) in [5.74, 6) is 2.17. The van der Waals surface area contributed by atoms with Crippen molar-refractivity contribution in [3.63, 3.8) is 0 Å². The van der Waals surface area contributed by atoms with E-state index < -0.39 is 0 Å². The zero-order chi connectivity index (χ0) is 25.2. The predicted molar refractivity (Wildman–Crippen MR) is 144 cm³/mol. The molecule has 0 aliphatic carbocycles. The topological polar surface area (TPSA) is 59.4 Å². The minimum Gasteiger partial charge on any atom is -0.492 e. The van der Waals surface area contributed by atoms with E-state index in [4.69, 9.17) is 21.3 Å². The molecule has 190 valence electrons. The fourth-order valence-electron chi connectivity index (χ4n) is 4.00. The van der Waals surface area contributed by atoms with Crippen LogP contribution in [0.15, 0.2) is 42.5 Å². The molecule has 0 spiro atoms. The monoisotopic (exact) mass is 498 g/mol. The third kappa shape index (κ3) is 7.71. The zero-order valence-corrected chi connectivity index (χ0v) is 22.3. The van der Waals surface area contributed by atoms with Gasteiger partial charge in [-0.3, -0.25) is 4.79 Å². The highest BCUT2D eigenvalue weighted by atomic mass is 35.5. The zero-order valence-electron chi connectivity index (χ0n) is 21.5. The van der Waals surface area contributed by atoms with Gasteiger partial charge in [-0.05, 0) is 74.2 Å². The average Bonchev–Trinajstić information content (AvgIpc) is 3.18. The highest BCUT2D eigenvalue weighted by Crippen LogP contribution is 2.23. The first-order chi connectivity index (χ1) is 16.9. The Hall–Kier alpha value is -2.57. The van der Waals surface area contributed by atoms with E-state index >= 15 is 0 Å². The van der Waals surface area contributed by atoms with Crippen LogP contribution in [0.2, 0.25) is 5.02 Å². The molecule has 3 rings (SSSR count). The van der Waals surface area contributed by atoms with Crippen LogP contribution >= 0.6 is 11.6 Å². The Labute approximate surface area is 214 Å². The van der Waals surface area contributed by atoms with Gasteiger partial charge in [-0.1, -0.05) is 39.3 Å². The van der Waals surface area contributed by atoms with E-state index in [0.29, 0.717) is 36.2 Å². The van der Waals surface area contributed by atoms with E-state index in [-0.39, 0.29) is 5.91 Å². The SMILES string of the molecule is CCCNCCOc1ccc(C(=O)N(CCC(C)C)Cc2nc3ccc(Cl)cc3n2CCC)cc1. The first-order valence-corrected chi connectivity index (χ1v) is 13.2. The maximum Gasteiger partial charge on any atom is 0.254 e. The number of fused-ring (bicyclic) bond motifs is 1. The van der Waals surface area contributed by atoms with Gasteiger partial charge in [0, 0.05) is 30.2 Å². The summed E-state index contributed by atoms with van der Waals surface area (Å²) in [4.78, 5) is 20.3. The molecule has 0 unspecified atom stereocenters. The van der Waals surface area contributed by atoms with Crippen molar-refractivity contribution in [3.05, 3.63) is 58.9 Å². The molecule has 3 aromatic rings. The van der Waals surface area contributed by atoms with Gasteiger partial charge in [0.1, 0.15) is 18.2 Å². The molecule has 1 amide bonds. The largest absolute Gasteiger partial charge is 0.492 e. The summed E-state index contributed by atoms with van der Waals surface area (Å²) >= 11 is 6.27. The number of hydrogen-bond donors (Lipinski definition) is 1. The lowest BCUT2D eigenvalue weighted by atomic mass is 10.1. The van der Waals surface area contributed by atoms with Gasteiger partial charge in [-0.25, -0.2) is 4.98 Å². The maximum absolute atomic E-state index is 13.6. The van der Waals surface area contributed by atoms with Gasteiger partial charge in [0.25, 0.3) is 5.91 Å². The van der Waals surface area contributed by atoms with Gasteiger partial charge >= 0.3 is 0 Å². The molecule has 0 aliphatic rings.